The summed E-state index contributed by atoms with van der Waals surface area (Å²) in [7, 11) is 0. The summed E-state index contributed by atoms with van der Waals surface area (Å²) >= 11 is 5.69. The number of carbonyl (C=O) groups is 2. The number of hydrogen-bond donors (Lipinski definition) is 1. The molecule has 0 saturated carbocycles. The van der Waals surface area contributed by atoms with Crippen molar-refractivity contribution in [3.63, 3.8) is 0 Å². The van der Waals surface area contributed by atoms with Crippen LogP contribution < -0.4 is 5.73 Å². The lowest BCUT2D eigenvalue weighted by atomic mass is 10.1. The second kappa shape index (κ2) is 5.95. The Morgan fingerprint density at radius 1 is 1.35 bits per heavy atom. The van der Waals surface area contributed by atoms with Gasteiger partial charge in [-0.05, 0) is 17.7 Å². The Morgan fingerprint density at radius 2 is 1.94 bits per heavy atom. The Hall–Kier alpha value is -1.95. The van der Waals surface area contributed by atoms with Crippen LogP contribution in [0, 0.1) is 4.91 Å². The van der Waals surface area contributed by atoms with Crippen molar-refractivity contribution < 1.29 is 14.3 Å². The van der Waals surface area contributed by atoms with Gasteiger partial charge in [0.1, 0.15) is 6.10 Å². The summed E-state index contributed by atoms with van der Waals surface area (Å²) in [5.41, 5.74) is 5.38. The number of hydrogen-bond acceptors (Lipinski definition) is 4. The van der Waals surface area contributed by atoms with E-state index in [1.807, 2.05) is 0 Å². The fourth-order valence-corrected chi connectivity index (χ4v) is 1.37. The molecule has 0 aliphatic carbocycles. The van der Waals surface area contributed by atoms with Gasteiger partial charge >= 0.3 is 6.09 Å². The number of halogens is 1. The average molecular weight is 257 g/mol. The molecule has 2 amide bonds. The topological polar surface area (TPSA) is 98.8 Å². The minimum Gasteiger partial charge on any atom is -0.441 e. The van der Waals surface area contributed by atoms with Crippen LogP contribution in [-0.4, -0.2) is 12.0 Å². The molecule has 1 aromatic carbocycles. The zero-order chi connectivity index (χ0) is 12.8. The number of nitrogens with zero attached hydrogens (tertiary/aromatic N) is 1. The number of primary amides is 1. The summed E-state index contributed by atoms with van der Waals surface area (Å²) < 4.78 is 4.72. The quantitative estimate of drug-likeness (QED) is 0.834. The number of nitroso groups, excluding NO2 is 1. The molecule has 0 saturated heterocycles. The van der Waals surface area contributed by atoms with Gasteiger partial charge in [0.15, 0.2) is 0 Å². The van der Waals surface area contributed by atoms with Gasteiger partial charge in [0.2, 0.25) is 0 Å². The van der Waals surface area contributed by atoms with E-state index in [1.54, 1.807) is 24.3 Å². The van der Waals surface area contributed by atoms with E-state index in [0.717, 1.165) is 0 Å². The first kappa shape index (κ1) is 13.1. The van der Waals surface area contributed by atoms with Gasteiger partial charge in [0.25, 0.3) is 5.91 Å². The molecule has 7 heteroatoms. The van der Waals surface area contributed by atoms with Gasteiger partial charge in [-0.15, -0.1) is 4.91 Å². The lowest BCUT2D eigenvalue weighted by molar-refractivity contribution is -0.119. The SMILES string of the molecule is NC(=O)OC(CC(=O)N=O)c1ccc(Cl)cc1. The van der Waals surface area contributed by atoms with Crippen LogP contribution >= 0.6 is 11.6 Å². The fraction of sp³-hybridized carbons (Fsp3) is 0.200. The number of benzene rings is 1. The Balaban J connectivity index is 2.88. The molecule has 1 rings (SSSR count). The predicted molar refractivity (Wildman–Crippen MR) is 60.3 cm³/mol. The molecule has 1 atom stereocenters. The Labute approximate surface area is 102 Å². The van der Waals surface area contributed by atoms with Gasteiger partial charge in [-0.2, -0.15) is 0 Å². The zero-order valence-corrected chi connectivity index (χ0v) is 9.39. The van der Waals surface area contributed by atoms with Crippen molar-refractivity contribution in [2.24, 2.45) is 10.9 Å². The molecule has 0 spiro atoms. The van der Waals surface area contributed by atoms with Crippen LogP contribution in [0.25, 0.3) is 0 Å². The third-order valence-corrected chi connectivity index (χ3v) is 2.21. The van der Waals surface area contributed by atoms with Crippen molar-refractivity contribution >= 4 is 23.6 Å². The second-order valence-electron chi connectivity index (χ2n) is 3.17. The summed E-state index contributed by atoms with van der Waals surface area (Å²) in [6.45, 7) is 0. The zero-order valence-electron chi connectivity index (χ0n) is 8.63. The molecular formula is C10H9ClN2O4. The van der Waals surface area contributed by atoms with Crippen molar-refractivity contribution in [3.05, 3.63) is 39.8 Å². The molecule has 2 N–H and O–H groups in total. The maximum absolute atomic E-state index is 10.9. The molecule has 17 heavy (non-hydrogen) atoms. The van der Waals surface area contributed by atoms with Crippen molar-refractivity contribution in [1.29, 1.82) is 0 Å². The van der Waals surface area contributed by atoms with Gasteiger partial charge in [0, 0.05) is 10.2 Å². The van der Waals surface area contributed by atoms with Crippen molar-refractivity contribution in [2.45, 2.75) is 12.5 Å². The van der Waals surface area contributed by atoms with Crippen molar-refractivity contribution in [3.8, 4) is 0 Å². The molecule has 0 fully saturated rings. The van der Waals surface area contributed by atoms with E-state index in [9.17, 15) is 14.5 Å². The van der Waals surface area contributed by atoms with E-state index in [1.165, 1.54) is 0 Å². The van der Waals surface area contributed by atoms with E-state index in [-0.39, 0.29) is 6.42 Å². The van der Waals surface area contributed by atoms with E-state index in [4.69, 9.17) is 22.1 Å². The molecule has 6 nitrogen and oxygen atoms in total. The number of carbonyl (C=O) groups excluding carboxylic acids is 2. The third-order valence-electron chi connectivity index (χ3n) is 1.96. The first-order valence-electron chi connectivity index (χ1n) is 4.60. The van der Waals surface area contributed by atoms with Crippen LogP contribution in [0.3, 0.4) is 0 Å². The largest absolute Gasteiger partial charge is 0.441 e. The standard InChI is InChI=1S/C10H9ClN2O4/c11-7-3-1-6(2-4-7)8(17-10(12)15)5-9(14)13-16/h1-4,8H,5H2,(H2,12,15). The van der Waals surface area contributed by atoms with Crippen LogP contribution in [0.4, 0.5) is 4.79 Å². The second-order valence-corrected chi connectivity index (χ2v) is 3.60. The first-order chi connectivity index (χ1) is 8.02. The summed E-state index contributed by atoms with van der Waals surface area (Å²) in [4.78, 5) is 31.6. The Bertz CT molecular complexity index is 432. The van der Waals surface area contributed by atoms with E-state index in [2.05, 4.69) is 5.18 Å². The molecule has 1 unspecified atom stereocenters. The monoisotopic (exact) mass is 256 g/mol. The lowest BCUT2D eigenvalue weighted by Gasteiger charge is -2.14. The molecule has 0 aliphatic rings. The lowest BCUT2D eigenvalue weighted by Crippen LogP contribution is -2.19. The van der Waals surface area contributed by atoms with Gasteiger partial charge < -0.3 is 10.5 Å². The number of rotatable bonds is 4. The van der Waals surface area contributed by atoms with Gasteiger partial charge in [-0.25, -0.2) is 4.79 Å². The molecule has 90 valence electrons. The number of amides is 2. The van der Waals surface area contributed by atoms with Crippen LogP contribution in [-0.2, 0) is 9.53 Å². The third kappa shape index (κ3) is 4.20. The van der Waals surface area contributed by atoms with Crippen LogP contribution in [0.2, 0.25) is 5.02 Å². The van der Waals surface area contributed by atoms with E-state index < -0.39 is 18.1 Å². The molecule has 0 aliphatic heterocycles. The van der Waals surface area contributed by atoms with Crippen LogP contribution in [0.5, 0.6) is 0 Å². The Kier molecular flexibility index (Phi) is 4.59. The summed E-state index contributed by atoms with van der Waals surface area (Å²) in [6.07, 6.45) is -2.33. The highest BCUT2D eigenvalue weighted by atomic mass is 35.5. The molecule has 0 heterocycles. The van der Waals surface area contributed by atoms with Crippen LogP contribution in [0.1, 0.15) is 18.1 Å². The van der Waals surface area contributed by atoms with Crippen molar-refractivity contribution in [2.75, 3.05) is 0 Å². The summed E-state index contributed by atoms with van der Waals surface area (Å²) in [5, 5.41) is 2.72. The predicted octanol–water partition coefficient (Wildman–Crippen LogP) is 2.16. The number of nitrogens with two attached hydrogens (primary N) is 1. The highest BCUT2D eigenvalue weighted by Crippen LogP contribution is 2.23. The van der Waals surface area contributed by atoms with Gasteiger partial charge in [-0.3, -0.25) is 4.79 Å². The normalized spacial score (nSPS) is 11.6. The molecule has 0 aromatic heterocycles. The van der Waals surface area contributed by atoms with Crippen LogP contribution in [0.15, 0.2) is 29.4 Å². The average Bonchev–Trinajstić information content (AvgIpc) is 2.28. The Morgan fingerprint density at radius 3 is 2.41 bits per heavy atom. The molecule has 1 aromatic rings. The molecular weight excluding hydrogens is 248 g/mol. The summed E-state index contributed by atoms with van der Waals surface area (Å²) in [5.74, 6) is -0.925. The minimum atomic E-state index is -1.04. The van der Waals surface area contributed by atoms with Crippen molar-refractivity contribution in [1.82, 2.24) is 0 Å². The molecule has 0 radical (unpaired) electrons. The van der Waals surface area contributed by atoms with Gasteiger partial charge in [0.05, 0.1) is 6.42 Å². The number of ether oxygens (including phenoxy) is 1. The fourth-order valence-electron chi connectivity index (χ4n) is 1.24. The first-order valence-corrected chi connectivity index (χ1v) is 4.98. The van der Waals surface area contributed by atoms with Gasteiger partial charge in [-0.1, -0.05) is 23.7 Å². The highest BCUT2D eigenvalue weighted by Gasteiger charge is 2.19. The highest BCUT2D eigenvalue weighted by molar-refractivity contribution is 6.30. The molecule has 0 bridgehead atoms. The minimum absolute atomic E-state index is 0.353. The maximum atomic E-state index is 10.9. The smallest absolute Gasteiger partial charge is 0.405 e. The van der Waals surface area contributed by atoms with E-state index >= 15 is 0 Å². The maximum Gasteiger partial charge on any atom is 0.405 e. The summed E-state index contributed by atoms with van der Waals surface area (Å²) in [6, 6.07) is 6.25. The van der Waals surface area contributed by atoms with E-state index in [0.29, 0.717) is 10.6 Å².